The topological polar surface area (TPSA) is 50.9 Å². The van der Waals surface area contributed by atoms with E-state index in [1.54, 1.807) is 31.3 Å². The molecule has 3 nitrogen and oxygen atoms in total. The smallest absolute Gasteiger partial charge is 0.129 e. The Morgan fingerprint density at radius 3 is 2.56 bits per heavy atom. The van der Waals surface area contributed by atoms with Crippen LogP contribution in [0.1, 0.15) is 22.7 Å². The lowest BCUT2D eigenvalue weighted by atomic mass is 9.99. The molecule has 18 heavy (non-hydrogen) atoms. The van der Waals surface area contributed by atoms with Crippen LogP contribution >= 0.6 is 11.6 Å². The van der Waals surface area contributed by atoms with E-state index in [-0.39, 0.29) is 11.9 Å². The van der Waals surface area contributed by atoms with E-state index in [4.69, 9.17) is 17.4 Å². The Bertz CT molecular complexity index is 542. The highest BCUT2D eigenvalue weighted by Gasteiger charge is 2.13. The first-order valence-corrected chi connectivity index (χ1v) is 5.83. The fraction of sp³-hybridized carbons (Fsp3) is 0.154. The molecule has 0 aliphatic carbocycles. The molecule has 0 saturated carbocycles. The van der Waals surface area contributed by atoms with Gasteiger partial charge in [0.15, 0.2) is 0 Å². The van der Waals surface area contributed by atoms with Gasteiger partial charge >= 0.3 is 0 Å². The molecule has 0 aliphatic heterocycles. The van der Waals surface area contributed by atoms with Gasteiger partial charge in [0.05, 0.1) is 6.04 Å². The van der Waals surface area contributed by atoms with Gasteiger partial charge in [0.1, 0.15) is 11.0 Å². The summed E-state index contributed by atoms with van der Waals surface area (Å²) in [7, 11) is 0. The zero-order chi connectivity index (χ0) is 13.1. The molecule has 0 aliphatic rings. The molecule has 0 fully saturated rings. The van der Waals surface area contributed by atoms with Crippen molar-refractivity contribution >= 4 is 11.6 Å². The minimum absolute atomic E-state index is 0.233. The van der Waals surface area contributed by atoms with E-state index in [1.807, 2.05) is 6.07 Å². The van der Waals surface area contributed by atoms with E-state index in [1.165, 1.54) is 6.07 Å². The summed E-state index contributed by atoms with van der Waals surface area (Å²) in [5.41, 5.74) is 5.02. The summed E-state index contributed by atoms with van der Waals surface area (Å²) in [6.45, 7) is 1.71. The molecular weight excluding hydrogens is 253 g/mol. The Morgan fingerprint density at radius 1 is 1.28 bits per heavy atom. The summed E-state index contributed by atoms with van der Waals surface area (Å²) in [6.07, 6.45) is 1.64. The van der Waals surface area contributed by atoms with Gasteiger partial charge in [0, 0.05) is 6.20 Å². The van der Waals surface area contributed by atoms with Crippen molar-refractivity contribution in [1.82, 2.24) is 10.4 Å². The molecule has 0 spiro atoms. The van der Waals surface area contributed by atoms with Crippen LogP contribution in [0.15, 0.2) is 36.5 Å². The number of aryl methyl sites for hydroxylation is 1. The first kappa shape index (κ1) is 13.0. The Labute approximate surface area is 110 Å². The third-order valence-corrected chi connectivity index (χ3v) is 2.99. The zero-order valence-electron chi connectivity index (χ0n) is 9.82. The van der Waals surface area contributed by atoms with Gasteiger partial charge in [-0.25, -0.2) is 14.8 Å². The summed E-state index contributed by atoms with van der Waals surface area (Å²) < 4.78 is 13.2. The molecule has 1 heterocycles. The summed E-state index contributed by atoms with van der Waals surface area (Å²) >= 11 is 5.74. The van der Waals surface area contributed by atoms with Gasteiger partial charge in [-0.1, -0.05) is 29.8 Å². The maximum absolute atomic E-state index is 13.2. The van der Waals surface area contributed by atoms with E-state index < -0.39 is 0 Å². The molecule has 0 bridgehead atoms. The summed E-state index contributed by atoms with van der Waals surface area (Å²) in [5.74, 6) is 5.33. The largest absolute Gasteiger partial charge is 0.271 e. The molecule has 0 amide bonds. The van der Waals surface area contributed by atoms with Crippen LogP contribution in [0.5, 0.6) is 0 Å². The van der Waals surface area contributed by atoms with Crippen LogP contribution < -0.4 is 11.3 Å². The molecule has 1 aromatic heterocycles. The highest BCUT2D eigenvalue weighted by molar-refractivity contribution is 6.29. The monoisotopic (exact) mass is 265 g/mol. The first-order chi connectivity index (χ1) is 8.61. The molecule has 0 radical (unpaired) electrons. The van der Waals surface area contributed by atoms with Gasteiger partial charge in [0.25, 0.3) is 0 Å². The number of hydrogen-bond donors (Lipinski definition) is 2. The predicted molar refractivity (Wildman–Crippen MR) is 69.6 cm³/mol. The number of nitrogens with zero attached hydrogens (tertiary/aromatic N) is 1. The standard InChI is InChI=1S/C13H13ClFN3/c1-8-6-9(2-4-11(8)15)13(18-16)10-3-5-12(14)17-7-10/h2-7,13,18H,16H2,1H3. The first-order valence-electron chi connectivity index (χ1n) is 5.45. The van der Waals surface area contributed by atoms with Crippen molar-refractivity contribution in [2.45, 2.75) is 13.0 Å². The Morgan fingerprint density at radius 2 is 2.00 bits per heavy atom. The number of rotatable bonds is 3. The Kier molecular flexibility index (Phi) is 3.91. The number of hydrogen-bond acceptors (Lipinski definition) is 3. The highest BCUT2D eigenvalue weighted by Crippen LogP contribution is 2.23. The number of aromatic nitrogens is 1. The van der Waals surface area contributed by atoms with Crippen molar-refractivity contribution in [3.8, 4) is 0 Å². The number of hydrazine groups is 1. The predicted octanol–water partition coefficient (Wildman–Crippen LogP) is 2.74. The number of nitrogens with one attached hydrogen (secondary N) is 1. The number of halogens is 2. The molecule has 3 N–H and O–H groups in total. The van der Waals surface area contributed by atoms with E-state index in [0.29, 0.717) is 10.7 Å². The molecule has 5 heteroatoms. The molecule has 1 atom stereocenters. The quantitative estimate of drug-likeness (QED) is 0.510. The fourth-order valence-electron chi connectivity index (χ4n) is 1.79. The summed E-state index contributed by atoms with van der Waals surface area (Å²) in [4.78, 5) is 4.01. The van der Waals surface area contributed by atoms with E-state index >= 15 is 0 Å². The number of nitrogens with two attached hydrogens (primary N) is 1. The van der Waals surface area contributed by atoms with Gasteiger partial charge in [0.2, 0.25) is 0 Å². The zero-order valence-corrected chi connectivity index (χ0v) is 10.6. The van der Waals surface area contributed by atoms with Gasteiger partial charge in [-0.3, -0.25) is 5.84 Å². The van der Waals surface area contributed by atoms with Crippen molar-refractivity contribution in [3.05, 3.63) is 64.2 Å². The summed E-state index contributed by atoms with van der Waals surface area (Å²) in [6, 6.07) is 8.17. The minimum Gasteiger partial charge on any atom is -0.271 e. The molecule has 94 valence electrons. The second-order valence-electron chi connectivity index (χ2n) is 4.02. The van der Waals surface area contributed by atoms with Crippen molar-refractivity contribution < 1.29 is 4.39 Å². The SMILES string of the molecule is Cc1cc(C(NN)c2ccc(Cl)nc2)ccc1F. The second-order valence-corrected chi connectivity index (χ2v) is 4.41. The average Bonchev–Trinajstić information content (AvgIpc) is 2.37. The van der Waals surface area contributed by atoms with Crippen LogP contribution in [0.3, 0.4) is 0 Å². The Hall–Kier alpha value is -1.49. The molecule has 1 unspecified atom stereocenters. The van der Waals surface area contributed by atoms with Crippen LogP contribution in [-0.4, -0.2) is 4.98 Å². The molecule has 0 saturated heterocycles. The minimum atomic E-state index is -0.242. The van der Waals surface area contributed by atoms with Gasteiger partial charge in [-0.05, 0) is 35.7 Å². The van der Waals surface area contributed by atoms with E-state index in [2.05, 4.69) is 10.4 Å². The molecule has 2 aromatic rings. The highest BCUT2D eigenvalue weighted by atomic mass is 35.5. The average molecular weight is 266 g/mol. The lowest BCUT2D eigenvalue weighted by Gasteiger charge is -2.17. The fourth-order valence-corrected chi connectivity index (χ4v) is 1.90. The van der Waals surface area contributed by atoms with E-state index in [9.17, 15) is 4.39 Å². The van der Waals surface area contributed by atoms with Crippen LogP contribution in [0.4, 0.5) is 4.39 Å². The Balaban J connectivity index is 2.38. The van der Waals surface area contributed by atoms with Crippen LogP contribution in [0.2, 0.25) is 5.15 Å². The summed E-state index contributed by atoms with van der Waals surface area (Å²) in [5, 5.41) is 0.421. The van der Waals surface area contributed by atoms with Crippen molar-refractivity contribution in [3.63, 3.8) is 0 Å². The van der Waals surface area contributed by atoms with Crippen molar-refractivity contribution in [1.29, 1.82) is 0 Å². The second kappa shape index (κ2) is 5.44. The maximum Gasteiger partial charge on any atom is 0.129 e. The van der Waals surface area contributed by atoms with E-state index in [0.717, 1.165) is 11.1 Å². The van der Waals surface area contributed by atoms with Crippen molar-refractivity contribution in [2.75, 3.05) is 0 Å². The third kappa shape index (κ3) is 2.67. The maximum atomic E-state index is 13.2. The van der Waals surface area contributed by atoms with Crippen LogP contribution in [0.25, 0.3) is 0 Å². The number of benzene rings is 1. The van der Waals surface area contributed by atoms with Crippen molar-refractivity contribution in [2.24, 2.45) is 5.84 Å². The van der Waals surface area contributed by atoms with Gasteiger partial charge in [-0.15, -0.1) is 0 Å². The number of pyridine rings is 1. The lowest BCUT2D eigenvalue weighted by Crippen LogP contribution is -2.29. The van der Waals surface area contributed by atoms with Crippen LogP contribution in [0, 0.1) is 12.7 Å². The van der Waals surface area contributed by atoms with Gasteiger partial charge < -0.3 is 0 Å². The third-order valence-electron chi connectivity index (χ3n) is 2.77. The lowest BCUT2D eigenvalue weighted by molar-refractivity contribution is 0.607. The van der Waals surface area contributed by atoms with Gasteiger partial charge in [-0.2, -0.15) is 0 Å². The van der Waals surface area contributed by atoms with Crippen LogP contribution in [-0.2, 0) is 0 Å². The normalized spacial score (nSPS) is 12.4. The molecule has 1 aromatic carbocycles. The molecular formula is C13H13ClFN3. The molecule has 2 rings (SSSR count).